The van der Waals surface area contributed by atoms with E-state index in [0.29, 0.717) is 28.0 Å². The molecule has 0 radical (unpaired) electrons. The normalized spacial score (nSPS) is 15.4. The number of halogens is 1. The fourth-order valence-electron chi connectivity index (χ4n) is 3.70. The number of rotatable bonds is 2. The summed E-state index contributed by atoms with van der Waals surface area (Å²) in [7, 11) is 1.81. The van der Waals surface area contributed by atoms with E-state index in [1.165, 1.54) is 0 Å². The minimum Gasteiger partial charge on any atom is -0.478 e. The smallest absolute Gasteiger partial charge is 0.336 e. The number of carbonyl (C=O) groups is 1. The third-order valence-corrected chi connectivity index (χ3v) is 5.35. The van der Waals surface area contributed by atoms with E-state index in [-0.39, 0.29) is 0 Å². The molecule has 132 valence electrons. The lowest BCUT2D eigenvalue weighted by Crippen LogP contribution is -2.13. The van der Waals surface area contributed by atoms with Crippen LogP contribution in [0.4, 0.5) is 0 Å². The molecule has 1 aliphatic rings. The van der Waals surface area contributed by atoms with Gasteiger partial charge >= 0.3 is 5.97 Å². The second kappa shape index (κ2) is 6.25. The molecule has 3 aromatic rings. The zero-order chi connectivity index (χ0) is 18.4. The van der Waals surface area contributed by atoms with E-state index in [4.69, 9.17) is 16.6 Å². The van der Waals surface area contributed by atoms with Crippen molar-refractivity contribution >= 4 is 40.1 Å². The van der Waals surface area contributed by atoms with E-state index in [2.05, 4.69) is 5.10 Å². The molecular formula is C20H18ClN3O2. The second-order valence-corrected chi connectivity index (χ2v) is 6.93. The minimum absolute atomic E-state index is 0.366. The Kier molecular flexibility index (Phi) is 4.04. The van der Waals surface area contributed by atoms with Crippen molar-refractivity contribution in [2.45, 2.75) is 26.2 Å². The van der Waals surface area contributed by atoms with Crippen molar-refractivity contribution in [1.29, 1.82) is 0 Å². The molecule has 5 nitrogen and oxygen atoms in total. The maximum absolute atomic E-state index is 12.0. The van der Waals surface area contributed by atoms with Gasteiger partial charge in [-0.15, -0.1) is 0 Å². The van der Waals surface area contributed by atoms with E-state index in [1.54, 1.807) is 11.7 Å². The Morgan fingerprint density at radius 2 is 2.08 bits per heavy atom. The van der Waals surface area contributed by atoms with Crippen LogP contribution in [0.5, 0.6) is 0 Å². The Hall–Kier alpha value is -2.66. The largest absolute Gasteiger partial charge is 0.478 e. The summed E-state index contributed by atoms with van der Waals surface area (Å²) < 4.78 is 1.64. The van der Waals surface area contributed by atoms with E-state index < -0.39 is 5.97 Å². The van der Waals surface area contributed by atoms with Crippen molar-refractivity contribution in [2.75, 3.05) is 0 Å². The average molecular weight is 368 g/mol. The van der Waals surface area contributed by atoms with E-state index in [0.717, 1.165) is 40.9 Å². The van der Waals surface area contributed by atoms with Crippen LogP contribution in [0.15, 0.2) is 24.3 Å². The van der Waals surface area contributed by atoms with E-state index >= 15 is 0 Å². The Labute approximate surface area is 155 Å². The third-order valence-electron chi connectivity index (χ3n) is 4.90. The SMILES string of the molecule is Cc1nn(C)c(Cl)c1/C=C1\CCCc2c1nc1ccccc1c2C(=O)O. The fraction of sp³-hybridized carbons (Fsp3) is 0.250. The lowest BCUT2D eigenvalue weighted by atomic mass is 9.86. The van der Waals surface area contributed by atoms with Gasteiger partial charge in [-0.3, -0.25) is 4.68 Å². The van der Waals surface area contributed by atoms with Crippen LogP contribution in [0.25, 0.3) is 22.6 Å². The maximum Gasteiger partial charge on any atom is 0.336 e. The Morgan fingerprint density at radius 3 is 2.77 bits per heavy atom. The number of hydrogen-bond donors (Lipinski definition) is 1. The molecule has 6 heteroatoms. The number of benzene rings is 1. The van der Waals surface area contributed by atoms with Gasteiger partial charge in [0.25, 0.3) is 0 Å². The molecule has 0 aliphatic heterocycles. The monoisotopic (exact) mass is 367 g/mol. The van der Waals surface area contributed by atoms with Crippen LogP contribution in [0, 0.1) is 6.92 Å². The Morgan fingerprint density at radius 1 is 1.31 bits per heavy atom. The van der Waals surface area contributed by atoms with E-state index in [1.807, 2.05) is 37.3 Å². The van der Waals surface area contributed by atoms with Gasteiger partial charge in [-0.25, -0.2) is 9.78 Å². The van der Waals surface area contributed by atoms with Crippen molar-refractivity contribution in [3.63, 3.8) is 0 Å². The molecule has 0 bridgehead atoms. The molecule has 0 fully saturated rings. The highest BCUT2D eigenvalue weighted by molar-refractivity contribution is 6.31. The van der Waals surface area contributed by atoms with Crippen molar-refractivity contribution in [1.82, 2.24) is 14.8 Å². The number of aromatic carboxylic acids is 1. The molecule has 0 saturated heterocycles. The van der Waals surface area contributed by atoms with Gasteiger partial charge in [0.1, 0.15) is 5.15 Å². The molecular weight excluding hydrogens is 350 g/mol. The first kappa shape index (κ1) is 16.8. The minimum atomic E-state index is -0.906. The summed E-state index contributed by atoms with van der Waals surface area (Å²) in [5, 5.41) is 15.4. The van der Waals surface area contributed by atoms with Crippen molar-refractivity contribution < 1.29 is 9.90 Å². The molecule has 0 spiro atoms. The van der Waals surface area contributed by atoms with Gasteiger partial charge < -0.3 is 5.11 Å². The summed E-state index contributed by atoms with van der Waals surface area (Å²) in [6.45, 7) is 1.92. The van der Waals surface area contributed by atoms with Crippen molar-refractivity contribution in [3.05, 3.63) is 57.5 Å². The van der Waals surface area contributed by atoms with Gasteiger partial charge in [0.15, 0.2) is 0 Å². The fourth-order valence-corrected chi connectivity index (χ4v) is 3.93. The number of carboxylic acids is 1. The summed E-state index contributed by atoms with van der Waals surface area (Å²) in [5.74, 6) is -0.906. The quantitative estimate of drug-likeness (QED) is 0.723. The van der Waals surface area contributed by atoms with Crippen LogP contribution in [-0.2, 0) is 13.5 Å². The highest BCUT2D eigenvalue weighted by atomic mass is 35.5. The molecule has 4 rings (SSSR count). The van der Waals surface area contributed by atoms with Crippen LogP contribution in [0.3, 0.4) is 0 Å². The Bertz CT molecular complexity index is 1080. The number of fused-ring (bicyclic) bond motifs is 2. The van der Waals surface area contributed by atoms with E-state index in [9.17, 15) is 9.90 Å². The first-order chi connectivity index (χ1) is 12.5. The summed E-state index contributed by atoms with van der Waals surface area (Å²) in [6.07, 6.45) is 4.44. The highest BCUT2D eigenvalue weighted by Gasteiger charge is 2.25. The molecule has 2 aromatic heterocycles. The number of pyridine rings is 1. The Balaban J connectivity index is 1.99. The third kappa shape index (κ3) is 2.59. The lowest BCUT2D eigenvalue weighted by molar-refractivity contribution is 0.0697. The van der Waals surface area contributed by atoms with Crippen molar-refractivity contribution in [2.24, 2.45) is 7.05 Å². The summed E-state index contributed by atoms with van der Waals surface area (Å²) >= 11 is 6.38. The van der Waals surface area contributed by atoms with Gasteiger partial charge in [0, 0.05) is 18.0 Å². The first-order valence-corrected chi connectivity index (χ1v) is 8.90. The topological polar surface area (TPSA) is 68.0 Å². The number of hydrogen-bond acceptors (Lipinski definition) is 3. The van der Waals surface area contributed by atoms with Crippen LogP contribution < -0.4 is 0 Å². The number of carboxylic acid groups (broad SMARTS) is 1. The van der Waals surface area contributed by atoms with Gasteiger partial charge in [-0.2, -0.15) is 5.10 Å². The molecule has 26 heavy (non-hydrogen) atoms. The molecule has 0 unspecified atom stereocenters. The number of nitrogens with zero attached hydrogens (tertiary/aromatic N) is 3. The zero-order valence-electron chi connectivity index (χ0n) is 14.6. The predicted octanol–water partition coefficient (Wildman–Crippen LogP) is 4.51. The number of aromatic nitrogens is 3. The van der Waals surface area contributed by atoms with Crippen LogP contribution >= 0.6 is 11.6 Å². The van der Waals surface area contributed by atoms with Gasteiger partial charge in [-0.05, 0) is 49.5 Å². The second-order valence-electron chi connectivity index (χ2n) is 6.57. The number of para-hydroxylation sites is 1. The molecule has 0 saturated carbocycles. The summed E-state index contributed by atoms with van der Waals surface area (Å²) in [4.78, 5) is 16.8. The van der Waals surface area contributed by atoms with Gasteiger partial charge in [-0.1, -0.05) is 29.8 Å². The van der Waals surface area contributed by atoms with Gasteiger partial charge in [0.2, 0.25) is 0 Å². The van der Waals surface area contributed by atoms with Crippen molar-refractivity contribution in [3.8, 4) is 0 Å². The molecule has 1 aliphatic carbocycles. The van der Waals surface area contributed by atoms with Crippen LogP contribution in [0.1, 0.15) is 45.7 Å². The molecule has 0 atom stereocenters. The molecule has 1 N–H and O–H groups in total. The number of allylic oxidation sites excluding steroid dienone is 1. The van der Waals surface area contributed by atoms with Crippen LogP contribution in [0.2, 0.25) is 5.15 Å². The average Bonchev–Trinajstić information content (AvgIpc) is 2.86. The molecule has 2 heterocycles. The highest BCUT2D eigenvalue weighted by Crippen LogP contribution is 2.37. The van der Waals surface area contributed by atoms with Gasteiger partial charge in [0.05, 0.1) is 22.5 Å². The number of aryl methyl sites for hydroxylation is 2. The summed E-state index contributed by atoms with van der Waals surface area (Å²) in [5.41, 5.74) is 5.37. The van der Waals surface area contributed by atoms with Crippen LogP contribution in [-0.4, -0.2) is 25.8 Å². The predicted molar refractivity (Wildman–Crippen MR) is 102 cm³/mol. The maximum atomic E-state index is 12.0. The lowest BCUT2D eigenvalue weighted by Gasteiger charge is -2.21. The molecule has 0 amide bonds. The summed E-state index contributed by atoms with van der Waals surface area (Å²) in [6, 6.07) is 7.41. The standard InChI is InChI=1S/C20H18ClN3O2/c1-11-15(19(21)24(2)23-11)10-12-6-5-8-14-17(20(25)26)13-7-3-4-9-16(13)22-18(12)14/h3-4,7,9-10H,5-6,8H2,1-2H3,(H,25,26)/b12-10+. The first-order valence-electron chi connectivity index (χ1n) is 8.52. The molecule has 1 aromatic carbocycles. The zero-order valence-corrected chi connectivity index (χ0v) is 15.3.